The van der Waals surface area contributed by atoms with Crippen LogP contribution in [0.15, 0.2) is 53.6 Å². The lowest BCUT2D eigenvalue weighted by Gasteiger charge is -2.07. The van der Waals surface area contributed by atoms with Crippen molar-refractivity contribution in [1.82, 2.24) is 10.9 Å². The third kappa shape index (κ3) is 4.77. The maximum atomic E-state index is 11.2. The Morgan fingerprint density at radius 1 is 1.13 bits per heavy atom. The van der Waals surface area contributed by atoms with Gasteiger partial charge < -0.3 is 10.4 Å². The number of anilines is 1. The standard InChI is InChI=1S/C15H14N4O3S/c20-13-4-2-1-3-11(13)9-16-18-15(23)17-12-7-5-10(6-8-12)14(21)19-22/h1-9,20,22H,(H,19,21)(H2,17,18,23)/b16-9+. The fraction of sp³-hybridized carbons (Fsp3) is 0. The Morgan fingerprint density at radius 3 is 2.48 bits per heavy atom. The van der Waals surface area contributed by atoms with Crippen LogP contribution in [0.4, 0.5) is 5.69 Å². The summed E-state index contributed by atoms with van der Waals surface area (Å²) in [6.45, 7) is 0. The number of thiocarbonyl (C=S) groups is 1. The number of rotatable bonds is 4. The highest BCUT2D eigenvalue weighted by Crippen LogP contribution is 2.12. The quantitative estimate of drug-likeness (QED) is 0.253. The Bertz CT molecular complexity index is 732. The second kappa shape index (κ2) is 7.87. The molecule has 0 heterocycles. The number of phenols is 1. The molecule has 2 aromatic carbocycles. The Kier molecular flexibility index (Phi) is 5.61. The highest BCUT2D eigenvalue weighted by molar-refractivity contribution is 7.80. The molecule has 23 heavy (non-hydrogen) atoms. The van der Waals surface area contributed by atoms with Gasteiger partial charge in [-0.05, 0) is 48.6 Å². The summed E-state index contributed by atoms with van der Waals surface area (Å²) in [4.78, 5) is 11.2. The number of hydrogen-bond acceptors (Lipinski definition) is 5. The van der Waals surface area contributed by atoms with Gasteiger partial charge in [0.05, 0.1) is 6.21 Å². The summed E-state index contributed by atoms with van der Waals surface area (Å²) in [5, 5.41) is 25.2. The maximum Gasteiger partial charge on any atom is 0.274 e. The van der Waals surface area contributed by atoms with Gasteiger partial charge in [-0.25, -0.2) is 5.48 Å². The lowest BCUT2D eigenvalue weighted by Crippen LogP contribution is -2.24. The molecule has 0 aliphatic carbocycles. The number of nitrogens with one attached hydrogen (secondary N) is 3. The molecule has 1 amide bonds. The molecule has 0 aliphatic rings. The van der Waals surface area contributed by atoms with E-state index in [1.54, 1.807) is 41.9 Å². The number of benzene rings is 2. The fourth-order valence-corrected chi connectivity index (χ4v) is 1.86. The van der Waals surface area contributed by atoms with Crippen molar-refractivity contribution >= 4 is 35.1 Å². The van der Waals surface area contributed by atoms with Crippen LogP contribution < -0.4 is 16.2 Å². The first-order chi connectivity index (χ1) is 11.1. The normalized spacial score (nSPS) is 10.3. The zero-order chi connectivity index (χ0) is 16.7. The van der Waals surface area contributed by atoms with Gasteiger partial charge in [-0.3, -0.25) is 15.4 Å². The van der Waals surface area contributed by atoms with Crippen molar-refractivity contribution in [3.05, 3.63) is 59.7 Å². The van der Waals surface area contributed by atoms with Gasteiger partial charge >= 0.3 is 0 Å². The van der Waals surface area contributed by atoms with E-state index in [4.69, 9.17) is 17.4 Å². The van der Waals surface area contributed by atoms with Gasteiger partial charge in [-0.2, -0.15) is 5.10 Å². The zero-order valence-electron chi connectivity index (χ0n) is 11.9. The SMILES string of the molecule is O=C(NO)c1ccc(NC(=S)N/N=C/c2ccccc2O)cc1. The molecular formula is C15H14N4O3S. The molecule has 0 aromatic heterocycles. The Labute approximate surface area is 137 Å². The molecule has 0 aliphatic heterocycles. The van der Waals surface area contributed by atoms with Gasteiger partial charge in [0.25, 0.3) is 5.91 Å². The summed E-state index contributed by atoms with van der Waals surface area (Å²) in [6, 6.07) is 13.1. The predicted molar refractivity (Wildman–Crippen MR) is 90.8 cm³/mol. The van der Waals surface area contributed by atoms with Crippen LogP contribution in [0.25, 0.3) is 0 Å². The fourth-order valence-electron chi connectivity index (χ4n) is 1.69. The molecule has 0 unspecified atom stereocenters. The third-order valence-electron chi connectivity index (χ3n) is 2.81. The summed E-state index contributed by atoms with van der Waals surface area (Å²) < 4.78 is 0. The second-order valence-electron chi connectivity index (χ2n) is 4.40. The number of nitrogens with zero attached hydrogens (tertiary/aromatic N) is 1. The minimum atomic E-state index is -0.593. The monoisotopic (exact) mass is 330 g/mol. The topological polar surface area (TPSA) is 106 Å². The van der Waals surface area contributed by atoms with Gasteiger partial charge in [0, 0.05) is 16.8 Å². The first-order valence-electron chi connectivity index (χ1n) is 6.52. The molecule has 7 nitrogen and oxygen atoms in total. The molecular weight excluding hydrogens is 316 g/mol. The molecule has 0 spiro atoms. The van der Waals surface area contributed by atoms with Crippen LogP contribution in [-0.4, -0.2) is 27.5 Å². The summed E-state index contributed by atoms with van der Waals surface area (Å²) in [5.74, 6) is -0.473. The molecule has 118 valence electrons. The first-order valence-corrected chi connectivity index (χ1v) is 6.93. The molecule has 0 radical (unpaired) electrons. The minimum absolute atomic E-state index is 0.120. The molecule has 2 aromatic rings. The molecule has 0 fully saturated rings. The van der Waals surface area contributed by atoms with E-state index in [-0.39, 0.29) is 10.9 Å². The van der Waals surface area contributed by atoms with E-state index in [1.807, 2.05) is 0 Å². The smallest absolute Gasteiger partial charge is 0.274 e. The van der Waals surface area contributed by atoms with Crippen molar-refractivity contribution in [2.45, 2.75) is 0 Å². The van der Waals surface area contributed by atoms with E-state index in [2.05, 4.69) is 15.8 Å². The third-order valence-corrected chi connectivity index (χ3v) is 3.01. The average molecular weight is 330 g/mol. The number of carbonyl (C=O) groups excluding carboxylic acids is 1. The van der Waals surface area contributed by atoms with Gasteiger partial charge in [0.1, 0.15) is 5.75 Å². The molecule has 0 bridgehead atoms. The molecule has 0 saturated carbocycles. The number of para-hydroxylation sites is 1. The first kappa shape index (κ1) is 16.4. The number of phenolic OH excluding ortho intramolecular Hbond substituents is 1. The summed E-state index contributed by atoms with van der Waals surface area (Å²) >= 11 is 5.07. The van der Waals surface area contributed by atoms with Gasteiger partial charge in [-0.1, -0.05) is 12.1 Å². The molecule has 0 atom stereocenters. The Balaban J connectivity index is 1.90. The summed E-state index contributed by atoms with van der Waals surface area (Å²) in [6.07, 6.45) is 1.44. The average Bonchev–Trinajstić information content (AvgIpc) is 2.56. The Hall–Kier alpha value is -2.97. The Morgan fingerprint density at radius 2 is 1.83 bits per heavy atom. The number of carbonyl (C=O) groups is 1. The highest BCUT2D eigenvalue weighted by atomic mass is 32.1. The van der Waals surface area contributed by atoms with Crippen molar-refractivity contribution in [2.75, 3.05) is 5.32 Å². The van der Waals surface area contributed by atoms with Gasteiger partial charge in [-0.15, -0.1) is 0 Å². The van der Waals surface area contributed by atoms with Crippen LogP contribution in [0.5, 0.6) is 5.75 Å². The number of aromatic hydroxyl groups is 1. The molecule has 0 saturated heterocycles. The van der Waals surface area contributed by atoms with Crippen LogP contribution >= 0.6 is 12.2 Å². The van der Waals surface area contributed by atoms with E-state index in [0.717, 1.165) is 0 Å². The van der Waals surface area contributed by atoms with E-state index in [0.29, 0.717) is 16.8 Å². The predicted octanol–water partition coefficient (Wildman–Crippen LogP) is 1.83. The van der Waals surface area contributed by atoms with Crippen LogP contribution in [0.2, 0.25) is 0 Å². The van der Waals surface area contributed by atoms with E-state index in [9.17, 15) is 9.90 Å². The minimum Gasteiger partial charge on any atom is -0.507 e. The lowest BCUT2D eigenvalue weighted by molar-refractivity contribution is 0.0706. The van der Waals surface area contributed by atoms with Crippen molar-refractivity contribution in [2.24, 2.45) is 5.10 Å². The summed E-state index contributed by atoms with van der Waals surface area (Å²) in [5.41, 5.74) is 5.69. The maximum absolute atomic E-state index is 11.2. The van der Waals surface area contributed by atoms with Crippen LogP contribution in [0, 0.1) is 0 Å². The zero-order valence-corrected chi connectivity index (χ0v) is 12.7. The van der Waals surface area contributed by atoms with Crippen LogP contribution in [-0.2, 0) is 0 Å². The van der Waals surface area contributed by atoms with Crippen molar-refractivity contribution in [3.63, 3.8) is 0 Å². The van der Waals surface area contributed by atoms with Crippen LogP contribution in [0.3, 0.4) is 0 Å². The van der Waals surface area contributed by atoms with E-state index in [1.165, 1.54) is 18.3 Å². The molecule has 2 rings (SSSR count). The second-order valence-corrected chi connectivity index (χ2v) is 4.81. The highest BCUT2D eigenvalue weighted by Gasteiger charge is 2.03. The molecule has 8 heteroatoms. The number of hydrazone groups is 1. The van der Waals surface area contributed by atoms with Gasteiger partial charge in [0.2, 0.25) is 0 Å². The van der Waals surface area contributed by atoms with Crippen molar-refractivity contribution in [1.29, 1.82) is 0 Å². The molecule has 5 N–H and O–H groups in total. The summed E-state index contributed by atoms with van der Waals surface area (Å²) in [7, 11) is 0. The van der Waals surface area contributed by atoms with Crippen molar-refractivity contribution in [3.8, 4) is 5.75 Å². The van der Waals surface area contributed by atoms with Crippen molar-refractivity contribution < 1.29 is 15.1 Å². The number of amides is 1. The van der Waals surface area contributed by atoms with E-state index < -0.39 is 5.91 Å². The van der Waals surface area contributed by atoms with Crippen LogP contribution in [0.1, 0.15) is 15.9 Å². The lowest BCUT2D eigenvalue weighted by atomic mass is 10.2. The largest absolute Gasteiger partial charge is 0.507 e. The van der Waals surface area contributed by atoms with Gasteiger partial charge in [0.15, 0.2) is 5.11 Å². The van der Waals surface area contributed by atoms with E-state index >= 15 is 0 Å². The number of hydrogen-bond donors (Lipinski definition) is 5. The number of hydroxylamine groups is 1.